The first-order chi connectivity index (χ1) is 7.19. The monoisotopic (exact) mass is 216 g/mol. The van der Waals surface area contributed by atoms with Crippen LogP contribution in [-0.4, -0.2) is 38.5 Å². The van der Waals surface area contributed by atoms with Gasteiger partial charge in [-0.3, -0.25) is 0 Å². The van der Waals surface area contributed by atoms with Gasteiger partial charge in [0.25, 0.3) is 0 Å². The standard InChI is InChI=1S/C11H20O4/c1-4-14-7-8(2)15-10(9-5-6-9)11(12)13-3/h8-10H,4-7H2,1-3H3. The second kappa shape index (κ2) is 6.08. The molecule has 0 saturated heterocycles. The SMILES string of the molecule is CCOCC(C)OC(C(=O)OC)C1CC1. The Balaban J connectivity index is 2.33. The minimum absolute atomic E-state index is 0.0605. The van der Waals surface area contributed by atoms with E-state index in [-0.39, 0.29) is 12.1 Å². The van der Waals surface area contributed by atoms with E-state index in [1.165, 1.54) is 7.11 Å². The molecule has 1 aliphatic carbocycles. The predicted octanol–water partition coefficient (Wildman–Crippen LogP) is 1.38. The highest BCUT2D eigenvalue weighted by Crippen LogP contribution is 2.35. The summed E-state index contributed by atoms with van der Waals surface area (Å²) in [6.07, 6.45) is 1.66. The highest BCUT2D eigenvalue weighted by molar-refractivity contribution is 5.75. The maximum absolute atomic E-state index is 11.4. The van der Waals surface area contributed by atoms with E-state index in [1.54, 1.807) is 0 Å². The number of ether oxygens (including phenoxy) is 3. The summed E-state index contributed by atoms with van der Waals surface area (Å²) in [7, 11) is 1.40. The third-order valence-corrected chi connectivity index (χ3v) is 2.42. The summed E-state index contributed by atoms with van der Waals surface area (Å²) in [5.74, 6) is 0.0855. The van der Waals surface area contributed by atoms with Crippen molar-refractivity contribution < 1.29 is 19.0 Å². The van der Waals surface area contributed by atoms with Crippen LogP contribution in [0.25, 0.3) is 0 Å². The van der Waals surface area contributed by atoms with Crippen molar-refractivity contribution in [2.45, 2.75) is 38.9 Å². The molecule has 1 saturated carbocycles. The minimum Gasteiger partial charge on any atom is -0.467 e. The van der Waals surface area contributed by atoms with E-state index >= 15 is 0 Å². The fourth-order valence-corrected chi connectivity index (χ4v) is 1.45. The zero-order valence-corrected chi connectivity index (χ0v) is 9.69. The van der Waals surface area contributed by atoms with Crippen molar-refractivity contribution in [2.75, 3.05) is 20.3 Å². The Morgan fingerprint density at radius 3 is 2.60 bits per heavy atom. The molecule has 0 heterocycles. The Morgan fingerprint density at radius 1 is 1.47 bits per heavy atom. The molecule has 1 rings (SSSR count). The number of hydrogen-bond donors (Lipinski definition) is 0. The van der Waals surface area contributed by atoms with Gasteiger partial charge in [-0.2, -0.15) is 0 Å². The molecular formula is C11H20O4. The molecule has 0 aromatic heterocycles. The lowest BCUT2D eigenvalue weighted by Crippen LogP contribution is -2.33. The molecule has 0 radical (unpaired) electrons. The van der Waals surface area contributed by atoms with E-state index in [0.29, 0.717) is 19.1 Å². The smallest absolute Gasteiger partial charge is 0.335 e. The van der Waals surface area contributed by atoms with Crippen LogP contribution in [-0.2, 0) is 19.0 Å². The van der Waals surface area contributed by atoms with Crippen molar-refractivity contribution in [2.24, 2.45) is 5.92 Å². The molecule has 4 nitrogen and oxygen atoms in total. The zero-order valence-electron chi connectivity index (χ0n) is 9.69. The van der Waals surface area contributed by atoms with Gasteiger partial charge in [0.15, 0.2) is 6.10 Å². The van der Waals surface area contributed by atoms with Crippen molar-refractivity contribution in [1.82, 2.24) is 0 Å². The molecule has 2 atom stereocenters. The van der Waals surface area contributed by atoms with E-state index in [1.807, 2.05) is 13.8 Å². The van der Waals surface area contributed by atoms with Crippen molar-refractivity contribution in [3.63, 3.8) is 0 Å². The van der Waals surface area contributed by atoms with Crippen LogP contribution in [0.2, 0.25) is 0 Å². The van der Waals surface area contributed by atoms with Crippen molar-refractivity contribution in [1.29, 1.82) is 0 Å². The Morgan fingerprint density at radius 2 is 2.13 bits per heavy atom. The van der Waals surface area contributed by atoms with Crippen LogP contribution in [0, 0.1) is 5.92 Å². The Bertz CT molecular complexity index is 201. The van der Waals surface area contributed by atoms with E-state index in [2.05, 4.69) is 0 Å². The van der Waals surface area contributed by atoms with Crippen LogP contribution in [0.3, 0.4) is 0 Å². The molecule has 4 heteroatoms. The molecule has 1 fully saturated rings. The molecule has 0 aliphatic heterocycles. The van der Waals surface area contributed by atoms with Crippen LogP contribution in [0.15, 0.2) is 0 Å². The minimum atomic E-state index is -0.398. The second-order valence-electron chi connectivity index (χ2n) is 3.89. The number of carbonyl (C=O) groups is 1. The lowest BCUT2D eigenvalue weighted by molar-refractivity contribution is -0.161. The maximum atomic E-state index is 11.4. The topological polar surface area (TPSA) is 44.8 Å². The summed E-state index contributed by atoms with van der Waals surface area (Å²) in [5, 5.41) is 0. The van der Waals surface area contributed by atoms with Crippen LogP contribution in [0.5, 0.6) is 0 Å². The molecule has 1 aliphatic rings. The molecular weight excluding hydrogens is 196 g/mol. The predicted molar refractivity (Wildman–Crippen MR) is 55.6 cm³/mol. The number of methoxy groups -OCH3 is 1. The molecule has 0 amide bonds. The molecule has 15 heavy (non-hydrogen) atoms. The Hall–Kier alpha value is -0.610. The number of esters is 1. The van der Waals surface area contributed by atoms with Gasteiger partial charge in [-0.1, -0.05) is 0 Å². The molecule has 0 aromatic carbocycles. The number of hydrogen-bond acceptors (Lipinski definition) is 4. The summed E-state index contributed by atoms with van der Waals surface area (Å²) < 4.78 is 15.6. The quantitative estimate of drug-likeness (QED) is 0.603. The van der Waals surface area contributed by atoms with Crippen LogP contribution >= 0.6 is 0 Å². The normalized spacial score (nSPS) is 19.7. The van der Waals surface area contributed by atoms with Gasteiger partial charge >= 0.3 is 5.97 Å². The molecule has 0 N–H and O–H groups in total. The van der Waals surface area contributed by atoms with Crippen LogP contribution < -0.4 is 0 Å². The van der Waals surface area contributed by atoms with Gasteiger partial charge in [0.1, 0.15) is 0 Å². The van der Waals surface area contributed by atoms with E-state index in [4.69, 9.17) is 14.2 Å². The van der Waals surface area contributed by atoms with Crippen molar-refractivity contribution in [3.05, 3.63) is 0 Å². The summed E-state index contributed by atoms with van der Waals surface area (Å²) in [5.41, 5.74) is 0. The van der Waals surface area contributed by atoms with Gasteiger partial charge in [0.05, 0.1) is 19.8 Å². The summed E-state index contributed by atoms with van der Waals surface area (Å²) in [6.45, 7) is 5.04. The van der Waals surface area contributed by atoms with Gasteiger partial charge in [-0.25, -0.2) is 4.79 Å². The van der Waals surface area contributed by atoms with Gasteiger partial charge < -0.3 is 14.2 Å². The van der Waals surface area contributed by atoms with Gasteiger partial charge in [-0.05, 0) is 32.6 Å². The molecule has 0 aromatic rings. The first-order valence-corrected chi connectivity index (χ1v) is 5.50. The van der Waals surface area contributed by atoms with E-state index in [9.17, 15) is 4.79 Å². The zero-order chi connectivity index (χ0) is 11.3. The number of rotatable bonds is 7. The lowest BCUT2D eigenvalue weighted by Gasteiger charge is -2.20. The molecule has 88 valence electrons. The second-order valence-corrected chi connectivity index (χ2v) is 3.89. The molecule has 2 unspecified atom stereocenters. The Kier molecular flexibility index (Phi) is 5.05. The largest absolute Gasteiger partial charge is 0.467 e. The van der Waals surface area contributed by atoms with Gasteiger partial charge in [0.2, 0.25) is 0 Å². The first kappa shape index (κ1) is 12.5. The first-order valence-electron chi connectivity index (χ1n) is 5.50. The van der Waals surface area contributed by atoms with Crippen LogP contribution in [0.4, 0.5) is 0 Å². The van der Waals surface area contributed by atoms with Gasteiger partial charge in [0, 0.05) is 6.61 Å². The lowest BCUT2D eigenvalue weighted by atomic mass is 10.2. The summed E-state index contributed by atoms with van der Waals surface area (Å²) in [4.78, 5) is 11.4. The van der Waals surface area contributed by atoms with Crippen LogP contribution in [0.1, 0.15) is 26.7 Å². The third kappa shape index (κ3) is 4.18. The van der Waals surface area contributed by atoms with Crippen molar-refractivity contribution >= 4 is 5.97 Å². The molecule has 0 bridgehead atoms. The highest BCUT2D eigenvalue weighted by Gasteiger charge is 2.38. The fraction of sp³-hybridized carbons (Fsp3) is 0.909. The average Bonchev–Trinajstić information content (AvgIpc) is 3.05. The summed E-state index contributed by atoms with van der Waals surface area (Å²) >= 11 is 0. The molecule has 0 spiro atoms. The van der Waals surface area contributed by atoms with Crippen molar-refractivity contribution in [3.8, 4) is 0 Å². The van der Waals surface area contributed by atoms with E-state index < -0.39 is 6.10 Å². The summed E-state index contributed by atoms with van der Waals surface area (Å²) in [6, 6.07) is 0. The average molecular weight is 216 g/mol. The Labute approximate surface area is 90.9 Å². The van der Waals surface area contributed by atoms with E-state index in [0.717, 1.165) is 12.8 Å². The highest BCUT2D eigenvalue weighted by atomic mass is 16.6. The van der Waals surface area contributed by atoms with Gasteiger partial charge in [-0.15, -0.1) is 0 Å². The maximum Gasteiger partial charge on any atom is 0.335 e. The fourth-order valence-electron chi connectivity index (χ4n) is 1.45. The third-order valence-electron chi connectivity index (χ3n) is 2.42. The number of carbonyl (C=O) groups excluding carboxylic acids is 1.